The smallest absolute Gasteiger partial charge is 0.270 e. The first-order valence-electron chi connectivity index (χ1n) is 6.55. The maximum absolute atomic E-state index is 12.0. The molecule has 0 aliphatic rings. The van der Waals surface area contributed by atoms with Crippen molar-refractivity contribution < 1.29 is 4.79 Å². The van der Waals surface area contributed by atoms with Gasteiger partial charge in [-0.3, -0.25) is 9.59 Å². The van der Waals surface area contributed by atoms with Gasteiger partial charge in [0.25, 0.3) is 5.56 Å². The number of nitrogens with zero attached hydrogens (tertiary/aromatic N) is 1. The summed E-state index contributed by atoms with van der Waals surface area (Å²) in [7, 11) is 0. The second kappa shape index (κ2) is 5.58. The van der Waals surface area contributed by atoms with Crippen LogP contribution in [0.4, 0.5) is 5.69 Å². The molecule has 0 bridgehead atoms. The third-order valence-corrected chi connectivity index (χ3v) is 3.06. The van der Waals surface area contributed by atoms with E-state index in [4.69, 9.17) is 0 Å². The largest absolute Gasteiger partial charge is 0.326 e. The summed E-state index contributed by atoms with van der Waals surface area (Å²) in [4.78, 5) is 30.9. The van der Waals surface area contributed by atoms with Crippen LogP contribution in [0.15, 0.2) is 59.4 Å². The molecule has 0 spiro atoms. The van der Waals surface area contributed by atoms with Crippen LogP contribution in [-0.2, 0) is 11.2 Å². The summed E-state index contributed by atoms with van der Waals surface area (Å²) < 4.78 is 0. The summed E-state index contributed by atoms with van der Waals surface area (Å²) in [6.45, 7) is 0. The van der Waals surface area contributed by atoms with Crippen LogP contribution in [0.3, 0.4) is 0 Å². The molecule has 21 heavy (non-hydrogen) atoms. The lowest BCUT2D eigenvalue weighted by Gasteiger charge is -2.05. The molecule has 2 aromatic carbocycles. The van der Waals surface area contributed by atoms with E-state index in [0.717, 1.165) is 0 Å². The number of carbonyl (C=O) groups excluding carboxylic acids is 1. The van der Waals surface area contributed by atoms with Gasteiger partial charge in [-0.05, 0) is 24.3 Å². The zero-order valence-electron chi connectivity index (χ0n) is 11.2. The minimum atomic E-state index is -0.336. The van der Waals surface area contributed by atoms with Crippen LogP contribution in [0, 0.1) is 0 Å². The maximum atomic E-state index is 12.0. The number of hydrogen-bond acceptors (Lipinski definition) is 3. The number of aromatic nitrogens is 2. The highest BCUT2D eigenvalue weighted by Gasteiger charge is 2.10. The zero-order valence-corrected chi connectivity index (χ0v) is 11.2. The number of para-hydroxylation sites is 3. The van der Waals surface area contributed by atoms with Crippen LogP contribution in [0.25, 0.3) is 11.0 Å². The lowest BCUT2D eigenvalue weighted by Crippen LogP contribution is -2.22. The van der Waals surface area contributed by atoms with Crippen LogP contribution in [0.5, 0.6) is 0 Å². The summed E-state index contributed by atoms with van der Waals surface area (Å²) >= 11 is 0. The molecule has 3 rings (SSSR count). The van der Waals surface area contributed by atoms with E-state index < -0.39 is 0 Å². The van der Waals surface area contributed by atoms with Crippen LogP contribution in [-0.4, -0.2) is 15.9 Å². The fourth-order valence-electron chi connectivity index (χ4n) is 2.07. The van der Waals surface area contributed by atoms with E-state index in [2.05, 4.69) is 15.3 Å². The summed E-state index contributed by atoms with van der Waals surface area (Å²) in [6.07, 6.45) is -0.0605. The fourth-order valence-corrected chi connectivity index (χ4v) is 2.07. The Morgan fingerprint density at radius 2 is 1.76 bits per heavy atom. The van der Waals surface area contributed by atoms with Crippen LogP contribution in [0.1, 0.15) is 5.69 Å². The summed E-state index contributed by atoms with van der Waals surface area (Å²) in [6, 6.07) is 16.3. The van der Waals surface area contributed by atoms with E-state index in [0.29, 0.717) is 16.7 Å². The van der Waals surface area contributed by atoms with E-state index in [1.165, 1.54) is 0 Å². The molecule has 5 nitrogen and oxygen atoms in total. The normalized spacial score (nSPS) is 10.5. The number of anilines is 1. The molecule has 0 fully saturated rings. The van der Waals surface area contributed by atoms with Crippen molar-refractivity contribution in [2.45, 2.75) is 6.42 Å². The molecule has 0 saturated carbocycles. The number of fused-ring (bicyclic) bond motifs is 1. The summed E-state index contributed by atoms with van der Waals surface area (Å²) in [5.74, 6) is -0.269. The van der Waals surface area contributed by atoms with E-state index in [9.17, 15) is 9.59 Å². The Kier molecular flexibility index (Phi) is 3.47. The summed E-state index contributed by atoms with van der Waals surface area (Å²) in [5, 5.41) is 2.73. The molecule has 0 radical (unpaired) electrons. The predicted octanol–water partition coefficient (Wildman–Crippen LogP) is 2.10. The number of H-pyrrole nitrogens is 1. The van der Waals surface area contributed by atoms with E-state index in [1.54, 1.807) is 24.3 Å². The van der Waals surface area contributed by atoms with Gasteiger partial charge in [-0.1, -0.05) is 30.3 Å². The van der Waals surface area contributed by atoms with Crippen molar-refractivity contribution in [3.8, 4) is 0 Å². The number of carbonyl (C=O) groups is 1. The van der Waals surface area contributed by atoms with Gasteiger partial charge in [0.15, 0.2) is 0 Å². The molecule has 104 valence electrons. The third kappa shape index (κ3) is 2.97. The highest BCUT2D eigenvalue weighted by atomic mass is 16.2. The number of benzene rings is 2. The first kappa shape index (κ1) is 13.1. The Morgan fingerprint density at radius 3 is 2.57 bits per heavy atom. The Balaban J connectivity index is 1.83. The van der Waals surface area contributed by atoms with Gasteiger partial charge in [0.2, 0.25) is 5.91 Å². The van der Waals surface area contributed by atoms with Crippen molar-refractivity contribution in [2.75, 3.05) is 5.32 Å². The SMILES string of the molecule is O=C(Cc1nc2ccccc2[nH]c1=O)Nc1ccccc1. The minimum Gasteiger partial charge on any atom is -0.326 e. The van der Waals surface area contributed by atoms with Gasteiger partial charge in [-0.2, -0.15) is 0 Å². The second-order valence-electron chi connectivity index (χ2n) is 4.62. The quantitative estimate of drug-likeness (QED) is 0.771. The average Bonchev–Trinajstić information content (AvgIpc) is 2.49. The second-order valence-corrected chi connectivity index (χ2v) is 4.62. The van der Waals surface area contributed by atoms with Gasteiger partial charge < -0.3 is 10.3 Å². The van der Waals surface area contributed by atoms with Crippen molar-refractivity contribution in [3.63, 3.8) is 0 Å². The molecular formula is C16H13N3O2. The van der Waals surface area contributed by atoms with Crippen molar-refractivity contribution >= 4 is 22.6 Å². The first-order valence-corrected chi connectivity index (χ1v) is 6.55. The van der Waals surface area contributed by atoms with Crippen molar-refractivity contribution in [1.82, 2.24) is 9.97 Å². The van der Waals surface area contributed by atoms with Gasteiger partial charge in [0, 0.05) is 5.69 Å². The molecule has 0 aliphatic heterocycles. The lowest BCUT2D eigenvalue weighted by molar-refractivity contribution is -0.115. The van der Waals surface area contributed by atoms with Gasteiger partial charge in [-0.15, -0.1) is 0 Å². The van der Waals surface area contributed by atoms with Crippen molar-refractivity contribution in [2.24, 2.45) is 0 Å². The molecule has 0 saturated heterocycles. The van der Waals surface area contributed by atoms with Crippen LogP contribution >= 0.6 is 0 Å². The first-order chi connectivity index (χ1) is 10.2. The fraction of sp³-hybridized carbons (Fsp3) is 0.0625. The Morgan fingerprint density at radius 1 is 1.05 bits per heavy atom. The highest BCUT2D eigenvalue weighted by Crippen LogP contribution is 2.08. The Hall–Kier alpha value is -2.95. The monoisotopic (exact) mass is 279 g/mol. The number of aromatic amines is 1. The zero-order chi connectivity index (χ0) is 14.7. The minimum absolute atomic E-state index is 0.0605. The standard InChI is InChI=1S/C16H13N3O2/c20-15(17-11-6-2-1-3-7-11)10-14-16(21)19-13-9-5-4-8-12(13)18-14/h1-9H,10H2,(H,17,20)(H,19,21). The molecule has 1 aromatic heterocycles. The predicted molar refractivity (Wildman–Crippen MR) is 81.1 cm³/mol. The Bertz CT molecular complexity index is 841. The van der Waals surface area contributed by atoms with Crippen molar-refractivity contribution in [1.29, 1.82) is 0 Å². The summed E-state index contributed by atoms with van der Waals surface area (Å²) in [5.41, 5.74) is 1.90. The van der Waals surface area contributed by atoms with Crippen molar-refractivity contribution in [3.05, 3.63) is 70.6 Å². The molecule has 1 amide bonds. The molecule has 0 unspecified atom stereocenters. The van der Waals surface area contributed by atoms with Gasteiger partial charge in [0.1, 0.15) is 5.69 Å². The number of amides is 1. The molecular weight excluding hydrogens is 266 g/mol. The lowest BCUT2D eigenvalue weighted by atomic mass is 10.2. The number of hydrogen-bond donors (Lipinski definition) is 2. The van der Waals surface area contributed by atoms with Gasteiger partial charge >= 0.3 is 0 Å². The highest BCUT2D eigenvalue weighted by molar-refractivity contribution is 5.92. The molecule has 0 aliphatic carbocycles. The number of nitrogens with one attached hydrogen (secondary N) is 2. The Labute approximate surface area is 120 Å². The molecule has 2 N–H and O–H groups in total. The van der Waals surface area contributed by atoms with Gasteiger partial charge in [-0.25, -0.2) is 4.98 Å². The molecule has 5 heteroatoms. The molecule has 3 aromatic rings. The average molecular weight is 279 g/mol. The van der Waals surface area contributed by atoms with Crippen LogP contribution < -0.4 is 10.9 Å². The maximum Gasteiger partial charge on any atom is 0.270 e. The van der Waals surface area contributed by atoms with E-state index >= 15 is 0 Å². The van der Waals surface area contributed by atoms with Crippen LogP contribution in [0.2, 0.25) is 0 Å². The van der Waals surface area contributed by atoms with E-state index in [-0.39, 0.29) is 23.6 Å². The van der Waals surface area contributed by atoms with Gasteiger partial charge in [0.05, 0.1) is 17.5 Å². The topological polar surface area (TPSA) is 74.8 Å². The number of rotatable bonds is 3. The molecule has 0 atom stereocenters. The molecule has 1 heterocycles. The van der Waals surface area contributed by atoms with E-state index in [1.807, 2.05) is 30.3 Å². The third-order valence-electron chi connectivity index (χ3n) is 3.06.